The van der Waals surface area contributed by atoms with Crippen LogP contribution < -0.4 is 20.3 Å². The normalized spacial score (nSPS) is 19.2. The molecule has 0 saturated heterocycles. The first-order valence-corrected chi connectivity index (χ1v) is 7.97. The van der Waals surface area contributed by atoms with E-state index in [1.165, 1.54) is 18.2 Å². The zero-order chi connectivity index (χ0) is 19.4. The Morgan fingerprint density at radius 1 is 1.19 bits per heavy atom. The van der Waals surface area contributed by atoms with Crippen molar-refractivity contribution in [3.05, 3.63) is 34.9 Å². The highest BCUT2D eigenvalue weighted by Crippen LogP contribution is 2.32. The fraction of sp³-hybridized carbons (Fsp3) is 0.294. The number of allylic oxidation sites excluding steroid dienone is 2. The average molecular weight is 380 g/mol. The molecule has 0 aromatic heterocycles. The number of hydrogen-bond acceptors (Lipinski definition) is 7. The van der Waals surface area contributed by atoms with Crippen LogP contribution in [0.5, 0.6) is 5.75 Å². The van der Waals surface area contributed by atoms with E-state index in [2.05, 4.69) is 5.32 Å². The molecule has 1 aromatic rings. The van der Waals surface area contributed by atoms with Crippen molar-refractivity contribution < 1.29 is 34.1 Å². The topological polar surface area (TPSA) is 136 Å². The van der Waals surface area contributed by atoms with Crippen LogP contribution in [0.3, 0.4) is 0 Å². The van der Waals surface area contributed by atoms with Gasteiger partial charge in [0.2, 0.25) is 5.91 Å². The molecule has 2 rings (SSSR count). The minimum Gasteiger partial charge on any atom is -0.550 e. The van der Waals surface area contributed by atoms with Crippen molar-refractivity contribution in [2.75, 3.05) is 5.32 Å². The van der Waals surface area contributed by atoms with E-state index in [4.69, 9.17) is 16.3 Å². The highest BCUT2D eigenvalue weighted by Gasteiger charge is 2.32. The quantitative estimate of drug-likeness (QED) is 0.553. The second-order valence-electron chi connectivity index (χ2n) is 5.70. The number of halogens is 1. The van der Waals surface area contributed by atoms with E-state index in [1.807, 2.05) is 0 Å². The summed E-state index contributed by atoms with van der Waals surface area (Å²) < 4.78 is 4.76. The molecule has 1 aliphatic carbocycles. The first-order valence-electron chi connectivity index (χ1n) is 7.59. The van der Waals surface area contributed by atoms with E-state index in [1.54, 1.807) is 0 Å². The summed E-state index contributed by atoms with van der Waals surface area (Å²) in [6.45, 7) is 1.11. The summed E-state index contributed by atoms with van der Waals surface area (Å²) in [5.74, 6) is -6.57. The monoisotopic (exact) mass is 379 g/mol. The van der Waals surface area contributed by atoms with Crippen molar-refractivity contribution in [3.8, 4) is 5.75 Å². The summed E-state index contributed by atoms with van der Waals surface area (Å²) in [5.41, 5.74) is -0.358. The standard InChI is InChI=1S/C17H16ClNO7/c1-8(20)26-14-5-3-10(7-13(14)17(24)25)19-15(21)12-6-9(18)2-4-11(12)16(22)23/h2-3,5,7,11-12H,4,6H2,1H3,(H,19,21)(H,22,23)(H,24,25)/p-2/t11-,12+/m0/s1. The van der Waals surface area contributed by atoms with Gasteiger partial charge in [-0.25, -0.2) is 0 Å². The van der Waals surface area contributed by atoms with Gasteiger partial charge < -0.3 is 29.9 Å². The Morgan fingerprint density at radius 2 is 1.88 bits per heavy atom. The summed E-state index contributed by atoms with van der Waals surface area (Å²) in [6.07, 6.45) is 1.62. The molecule has 0 unspecified atom stereocenters. The van der Waals surface area contributed by atoms with E-state index in [9.17, 15) is 29.4 Å². The Labute approximate surface area is 153 Å². The number of esters is 1. The van der Waals surface area contributed by atoms with Gasteiger partial charge in [0.05, 0.1) is 11.9 Å². The van der Waals surface area contributed by atoms with E-state index in [0.717, 1.165) is 13.0 Å². The fourth-order valence-corrected chi connectivity index (χ4v) is 2.89. The number of aromatic carboxylic acids is 1. The number of carboxylic acids is 2. The zero-order valence-corrected chi connectivity index (χ0v) is 14.4. The number of carboxylic acid groups (broad SMARTS) is 2. The smallest absolute Gasteiger partial charge is 0.308 e. The third-order valence-electron chi connectivity index (χ3n) is 3.85. The second kappa shape index (κ2) is 8.01. The summed E-state index contributed by atoms with van der Waals surface area (Å²) in [4.78, 5) is 45.9. The summed E-state index contributed by atoms with van der Waals surface area (Å²) in [7, 11) is 0. The Hall–Kier alpha value is -2.87. The maximum atomic E-state index is 12.4. The molecular formula is C17H14ClNO7-2. The lowest BCUT2D eigenvalue weighted by atomic mass is 9.82. The molecule has 0 radical (unpaired) electrons. The van der Waals surface area contributed by atoms with Crippen LogP contribution >= 0.6 is 11.6 Å². The Morgan fingerprint density at radius 3 is 2.46 bits per heavy atom. The predicted molar refractivity (Wildman–Crippen MR) is 85.9 cm³/mol. The number of anilines is 1. The molecule has 1 aliphatic rings. The molecule has 1 amide bonds. The van der Waals surface area contributed by atoms with E-state index in [0.29, 0.717) is 5.03 Å². The van der Waals surface area contributed by atoms with Crippen LogP contribution in [0.4, 0.5) is 5.69 Å². The number of ether oxygens (including phenoxy) is 1. The van der Waals surface area contributed by atoms with Gasteiger partial charge in [-0.3, -0.25) is 9.59 Å². The fourth-order valence-electron chi connectivity index (χ4n) is 2.64. The largest absolute Gasteiger partial charge is 0.550 e. The van der Waals surface area contributed by atoms with Crippen LogP contribution in [0.25, 0.3) is 0 Å². The van der Waals surface area contributed by atoms with Gasteiger partial charge in [0.1, 0.15) is 5.75 Å². The van der Waals surface area contributed by atoms with Crippen molar-refractivity contribution in [1.29, 1.82) is 0 Å². The molecule has 8 nitrogen and oxygen atoms in total. The summed E-state index contributed by atoms with van der Waals surface area (Å²) in [5, 5.41) is 25.2. The minimum atomic E-state index is -1.60. The van der Waals surface area contributed by atoms with Crippen LogP contribution in [0.1, 0.15) is 30.1 Å². The predicted octanol–water partition coefficient (Wildman–Crippen LogP) is -0.187. The SMILES string of the molecule is CC(=O)Oc1ccc(NC(=O)[C@@H]2CC(Cl)=CC[C@@H]2C(=O)[O-])cc1C(=O)[O-]. The Balaban J connectivity index is 2.24. The lowest BCUT2D eigenvalue weighted by Crippen LogP contribution is -2.42. The van der Waals surface area contributed by atoms with Gasteiger partial charge in [-0.05, 0) is 31.0 Å². The third-order valence-corrected chi connectivity index (χ3v) is 4.16. The maximum absolute atomic E-state index is 12.4. The highest BCUT2D eigenvalue weighted by atomic mass is 35.5. The van der Waals surface area contributed by atoms with E-state index < -0.39 is 41.2 Å². The van der Waals surface area contributed by atoms with Gasteiger partial charge in [-0.15, -0.1) is 0 Å². The van der Waals surface area contributed by atoms with Gasteiger partial charge >= 0.3 is 5.97 Å². The highest BCUT2D eigenvalue weighted by molar-refractivity contribution is 6.29. The molecule has 138 valence electrons. The molecule has 1 N–H and O–H groups in total. The molecule has 2 atom stereocenters. The number of rotatable bonds is 5. The van der Waals surface area contributed by atoms with Crippen LogP contribution in [-0.2, 0) is 14.4 Å². The first kappa shape index (κ1) is 19.5. The molecular weight excluding hydrogens is 366 g/mol. The number of nitrogens with one attached hydrogen (secondary N) is 1. The average Bonchev–Trinajstić information content (AvgIpc) is 2.55. The number of amides is 1. The molecule has 1 aromatic carbocycles. The van der Waals surface area contributed by atoms with Crippen LogP contribution in [-0.4, -0.2) is 23.8 Å². The van der Waals surface area contributed by atoms with Crippen molar-refractivity contribution in [2.45, 2.75) is 19.8 Å². The van der Waals surface area contributed by atoms with Crippen molar-refractivity contribution in [3.63, 3.8) is 0 Å². The number of carbonyl (C=O) groups is 4. The zero-order valence-electron chi connectivity index (χ0n) is 13.6. The molecule has 26 heavy (non-hydrogen) atoms. The van der Waals surface area contributed by atoms with Gasteiger partial charge in [0.15, 0.2) is 0 Å². The van der Waals surface area contributed by atoms with Gasteiger partial charge in [-0.1, -0.05) is 17.7 Å². The van der Waals surface area contributed by atoms with Gasteiger partial charge in [0.25, 0.3) is 0 Å². The Bertz CT molecular complexity index is 802. The molecule has 0 bridgehead atoms. The number of carbonyl (C=O) groups excluding carboxylic acids is 4. The van der Waals surface area contributed by atoms with Gasteiger partial charge in [-0.2, -0.15) is 0 Å². The molecule has 0 heterocycles. The lowest BCUT2D eigenvalue weighted by Gasteiger charge is -2.29. The second-order valence-corrected chi connectivity index (χ2v) is 6.19. The summed E-state index contributed by atoms with van der Waals surface area (Å²) in [6, 6.07) is 3.56. The molecule has 0 spiro atoms. The third kappa shape index (κ3) is 4.60. The molecule has 0 fully saturated rings. The van der Waals surface area contributed by atoms with Crippen LogP contribution in [0.15, 0.2) is 29.3 Å². The lowest BCUT2D eigenvalue weighted by molar-refractivity contribution is -0.313. The van der Waals surface area contributed by atoms with Crippen molar-refractivity contribution in [1.82, 2.24) is 0 Å². The molecule has 9 heteroatoms. The Kier molecular flexibility index (Phi) is 5.99. The minimum absolute atomic E-state index is 0.0326. The number of aliphatic carboxylic acids is 1. The van der Waals surface area contributed by atoms with E-state index >= 15 is 0 Å². The number of benzene rings is 1. The molecule has 0 saturated carbocycles. The first-order chi connectivity index (χ1) is 12.2. The van der Waals surface area contributed by atoms with Crippen LogP contribution in [0.2, 0.25) is 0 Å². The van der Waals surface area contributed by atoms with E-state index in [-0.39, 0.29) is 24.3 Å². The maximum Gasteiger partial charge on any atom is 0.308 e. The van der Waals surface area contributed by atoms with Crippen LogP contribution in [0, 0.1) is 11.8 Å². The number of hydrogen-bond donors (Lipinski definition) is 1. The van der Waals surface area contributed by atoms with Crippen molar-refractivity contribution in [2.24, 2.45) is 11.8 Å². The molecule has 0 aliphatic heterocycles. The van der Waals surface area contributed by atoms with Gasteiger partial charge in [0, 0.05) is 35.1 Å². The van der Waals surface area contributed by atoms with Crippen molar-refractivity contribution >= 4 is 41.1 Å². The summed E-state index contributed by atoms with van der Waals surface area (Å²) >= 11 is 5.90.